The molecular formula is C17H21Cl2NO6. The minimum atomic E-state index is -0.805. The second-order valence-corrected chi connectivity index (χ2v) is 6.32. The van der Waals surface area contributed by atoms with E-state index in [4.69, 9.17) is 32.7 Å². The molecule has 2 atom stereocenters. The summed E-state index contributed by atoms with van der Waals surface area (Å²) in [5.74, 6) is -1.79. The van der Waals surface area contributed by atoms with Crippen LogP contribution in [0.3, 0.4) is 0 Å². The lowest BCUT2D eigenvalue weighted by Gasteiger charge is -2.21. The third-order valence-electron chi connectivity index (χ3n) is 3.59. The van der Waals surface area contributed by atoms with Crippen LogP contribution in [0.25, 0.3) is 0 Å². The molecule has 1 aromatic carbocycles. The molecule has 9 heteroatoms. The number of rotatable bonds is 9. The Morgan fingerprint density at radius 2 is 1.88 bits per heavy atom. The van der Waals surface area contributed by atoms with E-state index in [1.807, 2.05) is 6.92 Å². The molecule has 0 saturated carbocycles. The first-order chi connectivity index (χ1) is 12.3. The summed E-state index contributed by atoms with van der Waals surface area (Å²) >= 11 is 11.7. The van der Waals surface area contributed by atoms with E-state index in [-0.39, 0.29) is 16.7 Å². The molecule has 0 spiro atoms. The number of carbonyl (C=O) groups excluding carboxylic acids is 3. The number of hydrogen-bond acceptors (Lipinski definition) is 6. The average molecular weight is 406 g/mol. The van der Waals surface area contributed by atoms with Crippen LogP contribution in [-0.2, 0) is 23.9 Å². The Morgan fingerprint density at radius 3 is 2.46 bits per heavy atom. The maximum absolute atomic E-state index is 11.9. The molecule has 0 aliphatic carbocycles. The molecule has 0 bridgehead atoms. The zero-order valence-corrected chi connectivity index (χ0v) is 16.2. The van der Waals surface area contributed by atoms with Gasteiger partial charge in [-0.05, 0) is 24.1 Å². The smallest absolute Gasteiger partial charge is 0.344 e. The molecule has 144 valence electrons. The van der Waals surface area contributed by atoms with Gasteiger partial charge in [-0.3, -0.25) is 4.79 Å². The lowest BCUT2D eigenvalue weighted by Crippen LogP contribution is -2.47. The first-order valence-corrected chi connectivity index (χ1v) is 8.64. The van der Waals surface area contributed by atoms with Crippen molar-refractivity contribution in [2.24, 2.45) is 5.92 Å². The Labute approximate surface area is 161 Å². The molecule has 1 rings (SSSR count). The van der Waals surface area contributed by atoms with Crippen molar-refractivity contribution in [3.63, 3.8) is 0 Å². The number of methoxy groups -OCH3 is 1. The van der Waals surface area contributed by atoms with Crippen LogP contribution < -0.4 is 10.1 Å². The summed E-state index contributed by atoms with van der Waals surface area (Å²) in [5, 5.41) is 3.18. The lowest BCUT2D eigenvalue weighted by atomic mass is 9.99. The Bertz CT molecular complexity index is 652. The van der Waals surface area contributed by atoms with Crippen LogP contribution in [0.15, 0.2) is 18.2 Å². The molecule has 1 aromatic rings. The van der Waals surface area contributed by atoms with E-state index in [1.54, 1.807) is 13.0 Å². The molecule has 0 unspecified atom stereocenters. The fourth-order valence-corrected chi connectivity index (χ4v) is 2.39. The zero-order valence-electron chi connectivity index (χ0n) is 14.7. The molecular weight excluding hydrogens is 385 g/mol. The zero-order chi connectivity index (χ0) is 19.7. The molecule has 0 aliphatic rings. The standard InChI is InChI=1S/C17H21Cl2NO6/c1-4-10(2)16(17(23)24-3)20-14(21)8-26-15(22)9-25-13-6-5-11(18)7-12(13)19/h5-7,10,16H,4,8-9H2,1-3H3,(H,20,21)/t10-,16-/m0/s1. The molecule has 0 fully saturated rings. The Balaban J connectivity index is 2.45. The van der Waals surface area contributed by atoms with Crippen LogP contribution in [0.4, 0.5) is 0 Å². The molecule has 0 saturated heterocycles. The maximum atomic E-state index is 11.9. The number of hydrogen-bond donors (Lipinski definition) is 1. The normalized spacial score (nSPS) is 12.7. The van der Waals surface area contributed by atoms with E-state index in [0.717, 1.165) is 0 Å². The molecule has 0 aliphatic heterocycles. The van der Waals surface area contributed by atoms with Crippen molar-refractivity contribution in [2.45, 2.75) is 26.3 Å². The van der Waals surface area contributed by atoms with Crippen LogP contribution in [0.2, 0.25) is 10.0 Å². The van der Waals surface area contributed by atoms with E-state index in [0.29, 0.717) is 11.4 Å². The average Bonchev–Trinajstić information content (AvgIpc) is 2.62. The topological polar surface area (TPSA) is 90.9 Å². The van der Waals surface area contributed by atoms with Crippen molar-refractivity contribution >= 4 is 41.0 Å². The predicted octanol–water partition coefficient (Wildman–Crippen LogP) is 2.62. The van der Waals surface area contributed by atoms with Gasteiger partial charge in [-0.2, -0.15) is 0 Å². The third-order valence-corrected chi connectivity index (χ3v) is 4.12. The van der Waals surface area contributed by atoms with Crippen LogP contribution in [-0.4, -0.2) is 44.2 Å². The van der Waals surface area contributed by atoms with Crippen molar-refractivity contribution in [3.05, 3.63) is 28.2 Å². The van der Waals surface area contributed by atoms with Crippen LogP contribution in [0.1, 0.15) is 20.3 Å². The highest BCUT2D eigenvalue weighted by molar-refractivity contribution is 6.35. The first kappa shape index (κ1) is 22.1. The van der Waals surface area contributed by atoms with Gasteiger partial charge in [-0.15, -0.1) is 0 Å². The highest BCUT2D eigenvalue weighted by atomic mass is 35.5. The van der Waals surface area contributed by atoms with Gasteiger partial charge >= 0.3 is 11.9 Å². The number of amides is 1. The third kappa shape index (κ3) is 7.09. The van der Waals surface area contributed by atoms with Gasteiger partial charge in [-0.25, -0.2) is 9.59 Å². The van der Waals surface area contributed by atoms with Crippen molar-refractivity contribution in [2.75, 3.05) is 20.3 Å². The number of benzene rings is 1. The number of nitrogens with one attached hydrogen (secondary N) is 1. The predicted molar refractivity (Wildman–Crippen MR) is 96.3 cm³/mol. The molecule has 1 amide bonds. The molecule has 1 N–H and O–H groups in total. The Kier molecular flexibility index (Phi) is 9.23. The van der Waals surface area contributed by atoms with Gasteiger partial charge in [-0.1, -0.05) is 43.5 Å². The summed E-state index contributed by atoms with van der Waals surface area (Å²) in [6, 6.07) is 3.74. The lowest BCUT2D eigenvalue weighted by molar-refractivity contribution is -0.152. The quantitative estimate of drug-likeness (QED) is 0.634. The molecule has 0 aromatic heterocycles. The van der Waals surface area contributed by atoms with Crippen molar-refractivity contribution in [1.82, 2.24) is 5.32 Å². The van der Waals surface area contributed by atoms with Crippen molar-refractivity contribution in [1.29, 1.82) is 0 Å². The number of ether oxygens (including phenoxy) is 3. The van der Waals surface area contributed by atoms with Gasteiger partial charge in [0.1, 0.15) is 11.8 Å². The largest absolute Gasteiger partial charge is 0.480 e. The van der Waals surface area contributed by atoms with Gasteiger partial charge in [0.25, 0.3) is 5.91 Å². The second kappa shape index (κ2) is 10.9. The fourth-order valence-electron chi connectivity index (χ4n) is 1.93. The van der Waals surface area contributed by atoms with Gasteiger partial charge in [0.05, 0.1) is 12.1 Å². The van der Waals surface area contributed by atoms with E-state index in [2.05, 4.69) is 10.1 Å². The number of carbonyl (C=O) groups is 3. The molecule has 0 radical (unpaired) electrons. The van der Waals surface area contributed by atoms with E-state index < -0.39 is 37.1 Å². The monoisotopic (exact) mass is 405 g/mol. The van der Waals surface area contributed by atoms with Crippen molar-refractivity contribution < 1.29 is 28.6 Å². The summed E-state index contributed by atoms with van der Waals surface area (Å²) in [4.78, 5) is 35.3. The van der Waals surface area contributed by atoms with Gasteiger partial charge in [0.2, 0.25) is 0 Å². The number of halogens is 2. The second-order valence-electron chi connectivity index (χ2n) is 5.48. The van der Waals surface area contributed by atoms with Crippen molar-refractivity contribution in [3.8, 4) is 5.75 Å². The van der Waals surface area contributed by atoms with E-state index in [9.17, 15) is 14.4 Å². The molecule has 7 nitrogen and oxygen atoms in total. The van der Waals surface area contributed by atoms with Gasteiger partial charge in [0.15, 0.2) is 13.2 Å². The maximum Gasteiger partial charge on any atom is 0.344 e. The van der Waals surface area contributed by atoms with Crippen LogP contribution in [0.5, 0.6) is 5.75 Å². The summed E-state index contributed by atoms with van der Waals surface area (Å²) in [7, 11) is 1.24. The number of esters is 2. The van der Waals surface area contributed by atoms with Crippen LogP contribution in [0, 0.1) is 5.92 Å². The minimum Gasteiger partial charge on any atom is -0.480 e. The summed E-state index contributed by atoms with van der Waals surface area (Å²) in [5.41, 5.74) is 0. The van der Waals surface area contributed by atoms with E-state index in [1.165, 1.54) is 19.2 Å². The Morgan fingerprint density at radius 1 is 1.19 bits per heavy atom. The summed E-state index contributed by atoms with van der Waals surface area (Å²) in [6.07, 6.45) is 0.662. The van der Waals surface area contributed by atoms with Gasteiger partial charge < -0.3 is 19.5 Å². The first-order valence-electron chi connectivity index (χ1n) is 7.89. The SMILES string of the molecule is CC[C@H](C)[C@H](NC(=O)COC(=O)COc1ccc(Cl)cc1Cl)C(=O)OC. The Hall–Kier alpha value is -1.99. The van der Waals surface area contributed by atoms with Crippen LogP contribution >= 0.6 is 23.2 Å². The highest BCUT2D eigenvalue weighted by Crippen LogP contribution is 2.27. The van der Waals surface area contributed by atoms with Gasteiger partial charge in [0, 0.05) is 5.02 Å². The fraction of sp³-hybridized carbons (Fsp3) is 0.471. The summed E-state index contributed by atoms with van der Waals surface area (Å²) in [6.45, 7) is 2.71. The molecule has 0 heterocycles. The van der Waals surface area contributed by atoms with E-state index >= 15 is 0 Å². The summed E-state index contributed by atoms with van der Waals surface area (Å²) < 4.78 is 14.7. The minimum absolute atomic E-state index is 0.127. The molecule has 26 heavy (non-hydrogen) atoms. The highest BCUT2D eigenvalue weighted by Gasteiger charge is 2.26.